The maximum absolute atomic E-state index is 14.8. The molecule has 11 heteroatoms. The van der Waals surface area contributed by atoms with E-state index in [1.165, 1.54) is 25.4 Å². The fourth-order valence-corrected chi connectivity index (χ4v) is 4.68. The molecule has 0 bridgehead atoms. The van der Waals surface area contributed by atoms with Crippen molar-refractivity contribution in [3.63, 3.8) is 0 Å². The second-order valence-corrected chi connectivity index (χ2v) is 10.5. The monoisotopic (exact) mass is 531 g/mol. The third kappa shape index (κ3) is 5.61. The van der Waals surface area contributed by atoms with Gasteiger partial charge >= 0.3 is 6.09 Å². The highest BCUT2D eigenvalue weighted by atomic mass is 19.3. The smallest absolute Gasteiger partial charge is 0.410 e. The Bertz CT molecular complexity index is 1400. The predicted molar refractivity (Wildman–Crippen MR) is 138 cm³/mol. The van der Waals surface area contributed by atoms with Crippen LogP contribution in [0.25, 0.3) is 10.8 Å². The summed E-state index contributed by atoms with van der Waals surface area (Å²) in [5.41, 5.74) is -1.10. The summed E-state index contributed by atoms with van der Waals surface area (Å²) in [7, 11) is 1.48. The highest BCUT2D eigenvalue weighted by Gasteiger charge is 2.32. The van der Waals surface area contributed by atoms with E-state index in [-0.39, 0.29) is 28.4 Å². The van der Waals surface area contributed by atoms with Gasteiger partial charge in [0.25, 0.3) is 12.0 Å². The first kappa shape index (κ1) is 27.4. The third-order valence-electron chi connectivity index (χ3n) is 6.54. The van der Waals surface area contributed by atoms with Crippen molar-refractivity contribution in [2.45, 2.75) is 71.1 Å². The molecular weight excluding hydrogens is 499 g/mol. The van der Waals surface area contributed by atoms with Gasteiger partial charge in [-0.05, 0) is 53.0 Å². The number of aromatic nitrogens is 3. The number of anilines is 1. The Morgan fingerprint density at radius 1 is 1.18 bits per heavy atom. The predicted octanol–water partition coefficient (Wildman–Crippen LogP) is 6.04. The number of piperidine rings is 1. The zero-order valence-corrected chi connectivity index (χ0v) is 22.1. The number of carbonyl (C=O) groups is 1. The Balaban J connectivity index is 1.74. The number of rotatable bonds is 5. The van der Waals surface area contributed by atoms with Crippen LogP contribution in [0.4, 0.5) is 23.8 Å². The number of nitrogens with zero attached hydrogens (tertiary/aromatic N) is 4. The molecule has 8 nitrogen and oxygen atoms in total. The van der Waals surface area contributed by atoms with Crippen molar-refractivity contribution in [1.29, 1.82) is 0 Å². The molecule has 1 unspecified atom stereocenters. The zero-order chi connectivity index (χ0) is 27.8. The summed E-state index contributed by atoms with van der Waals surface area (Å²) in [5.74, 6) is -0.728. The summed E-state index contributed by atoms with van der Waals surface area (Å²) in [6.45, 7) is 7.55. The molecule has 204 valence electrons. The summed E-state index contributed by atoms with van der Waals surface area (Å²) in [6, 6.07) is 4.45. The van der Waals surface area contributed by atoms with E-state index in [0.29, 0.717) is 24.0 Å². The Morgan fingerprint density at radius 2 is 1.89 bits per heavy atom. The van der Waals surface area contributed by atoms with Gasteiger partial charge in [0.1, 0.15) is 11.4 Å². The van der Waals surface area contributed by atoms with E-state index >= 15 is 0 Å². The standard InChI is InChI=1S/C27H32F3N5O3/c1-15(16-9-8-10-17(22(16)28)23(29)30)32-24-18-13-20(31-14-19(18)25(36)34(5)33-24)21-11-6-7-12-35(21)26(37)38-27(2,3)4/h8-10,13-15,21,23H,6-7,11-12H2,1-5H3,(H,32,33)/t15-,21?/m1/s1. The quantitative estimate of drug-likeness (QED) is 0.432. The number of aryl methyl sites for hydroxylation is 1. The van der Waals surface area contributed by atoms with Crippen molar-refractivity contribution in [2.75, 3.05) is 11.9 Å². The second-order valence-electron chi connectivity index (χ2n) is 10.5. The van der Waals surface area contributed by atoms with Crippen LogP contribution in [0.15, 0.2) is 35.3 Å². The van der Waals surface area contributed by atoms with Crippen molar-refractivity contribution in [3.8, 4) is 0 Å². The first-order valence-electron chi connectivity index (χ1n) is 12.6. The van der Waals surface area contributed by atoms with Crippen molar-refractivity contribution in [1.82, 2.24) is 19.7 Å². The van der Waals surface area contributed by atoms with Crippen LogP contribution in [0.1, 0.15) is 82.3 Å². The third-order valence-corrected chi connectivity index (χ3v) is 6.54. The lowest BCUT2D eigenvalue weighted by Gasteiger charge is -2.36. The molecule has 0 radical (unpaired) electrons. The highest BCUT2D eigenvalue weighted by molar-refractivity contribution is 5.91. The van der Waals surface area contributed by atoms with Gasteiger partial charge in [-0.1, -0.05) is 18.2 Å². The Labute approximate surface area is 218 Å². The van der Waals surface area contributed by atoms with Crippen molar-refractivity contribution in [3.05, 3.63) is 63.5 Å². The van der Waals surface area contributed by atoms with Gasteiger partial charge in [-0.3, -0.25) is 14.7 Å². The first-order chi connectivity index (χ1) is 17.9. The normalized spacial score (nSPS) is 17.1. The summed E-state index contributed by atoms with van der Waals surface area (Å²) >= 11 is 0. The average Bonchev–Trinajstić information content (AvgIpc) is 2.85. The number of hydrogen-bond donors (Lipinski definition) is 1. The number of halogens is 3. The molecule has 1 aliphatic heterocycles. The highest BCUT2D eigenvalue weighted by Crippen LogP contribution is 2.34. The average molecular weight is 532 g/mol. The van der Waals surface area contributed by atoms with Crippen LogP contribution in [-0.2, 0) is 11.8 Å². The number of pyridine rings is 1. The van der Waals surface area contributed by atoms with E-state index < -0.39 is 35.5 Å². The van der Waals surface area contributed by atoms with Crippen molar-refractivity contribution >= 4 is 22.7 Å². The first-order valence-corrected chi connectivity index (χ1v) is 12.6. The van der Waals surface area contributed by atoms with Crippen molar-refractivity contribution < 1.29 is 22.7 Å². The van der Waals surface area contributed by atoms with E-state index in [9.17, 15) is 22.8 Å². The van der Waals surface area contributed by atoms with Crippen LogP contribution in [0.2, 0.25) is 0 Å². The van der Waals surface area contributed by atoms with Crippen LogP contribution < -0.4 is 10.9 Å². The number of fused-ring (bicyclic) bond motifs is 1. The molecule has 0 aliphatic carbocycles. The summed E-state index contributed by atoms with van der Waals surface area (Å²) < 4.78 is 48.1. The number of amides is 1. The zero-order valence-electron chi connectivity index (χ0n) is 22.1. The molecular formula is C27H32F3N5O3. The molecule has 1 aliphatic rings. The maximum Gasteiger partial charge on any atom is 0.410 e. The van der Waals surface area contributed by atoms with Crippen LogP contribution in [-0.4, -0.2) is 37.9 Å². The van der Waals surface area contributed by atoms with Crippen LogP contribution in [0.3, 0.4) is 0 Å². The molecule has 1 aromatic carbocycles. The van der Waals surface area contributed by atoms with Gasteiger partial charge in [0.15, 0.2) is 5.82 Å². The number of carbonyl (C=O) groups excluding carboxylic acids is 1. The largest absolute Gasteiger partial charge is 0.444 e. The van der Waals surface area contributed by atoms with E-state index in [4.69, 9.17) is 4.74 Å². The van der Waals surface area contributed by atoms with Crippen LogP contribution >= 0.6 is 0 Å². The minimum absolute atomic E-state index is 0.0456. The Hall–Kier alpha value is -3.63. The van der Waals surface area contributed by atoms with Crippen LogP contribution in [0.5, 0.6) is 0 Å². The topological polar surface area (TPSA) is 89.4 Å². The van der Waals surface area contributed by atoms with Crippen molar-refractivity contribution in [2.24, 2.45) is 7.05 Å². The lowest BCUT2D eigenvalue weighted by Crippen LogP contribution is -2.42. The van der Waals surface area contributed by atoms with Gasteiger partial charge in [-0.25, -0.2) is 22.6 Å². The van der Waals surface area contributed by atoms with Gasteiger partial charge < -0.3 is 10.1 Å². The van der Waals surface area contributed by atoms with Gasteiger partial charge in [0.05, 0.1) is 28.7 Å². The summed E-state index contributed by atoms with van der Waals surface area (Å²) in [5, 5.41) is 8.13. The van der Waals surface area contributed by atoms with Gasteiger partial charge in [-0.2, -0.15) is 5.10 Å². The van der Waals surface area contributed by atoms with Crippen LogP contribution in [0, 0.1) is 5.82 Å². The molecule has 1 amide bonds. The molecule has 4 rings (SSSR count). The number of alkyl halides is 2. The molecule has 2 aromatic heterocycles. The lowest BCUT2D eigenvalue weighted by molar-refractivity contribution is 0.00902. The number of ether oxygens (including phenoxy) is 1. The van der Waals surface area contributed by atoms with Gasteiger partial charge in [-0.15, -0.1) is 0 Å². The maximum atomic E-state index is 14.8. The number of likely N-dealkylation sites (tertiary alicyclic amines) is 1. The molecule has 1 saturated heterocycles. The van der Waals surface area contributed by atoms with E-state index in [1.807, 2.05) is 0 Å². The molecule has 0 saturated carbocycles. The fraction of sp³-hybridized carbons (Fsp3) is 0.481. The molecule has 2 atom stereocenters. The molecule has 1 fully saturated rings. The van der Waals surface area contributed by atoms with Gasteiger partial charge in [0.2, 0.25) is 0 Å². The minimum Gasteiger partial charge on any atom is -0.444 e. The van der Waals surface area contributed by atoms with E-state index in [1.54, 1.807) is 38.7 Å². The Morgan fingerprint density at radius 3 is 2.58 bits per heavy atom. The summed E-state index contributed by atoms with van der Waals surface area (Å²) in [4.78, 5) is 32.0. The lowest BCUT2D eigenvalue weighted by atomic mass is 9.98. The minimum atomic E-state index is -2.95. The molecule has 1 N–H and O–H groups in total. The summed E-state index contributed by atoms with van der Waals surface area (Å²) in [6.07, 6.45) is 0.452. The van der Waals surface area contributed by atoms with Gasteiger partial charge in [0, 0.05) is 30.7 Å². The van der Waals surface area contributed by atoms with E-state index in [0.717, 1.165) is 23.6 Å². The number of nitrogens with one attached hydrogen (secondary N) is 1. The number of hydrogen-bond acceptors (Lipinski definition) is 6. The number of benzene rings is 1. The fourth-order valence-electron chi connectivity index (χ4n) is 4.68. The Kier molecular flexibility index (Phi) is 7.66. The van der Waals surface area contributed by atoms with E-state index in [2.05, 4.69) is 15.4 Å². The molecule has 3 heterocycles. The molecule has 38 heavy (non-hydrogen) atoms. The SMILES string of the molecule is C[C@@H](Nc1nn(C)c(=O)c2cnc(C3CCCCN3C(=O)OC(C)(C)C)cc12)c1cccc(C(F)F)c1F. The second kappa shape index (κ2) is 10.6. The molecule has 0 spiro atoms. The molecule has 3 aromatic rings.